The van der Waals surface area contributed by atoms with Gasteiger partial charge in [-0.15, -0.1) is 0 Å². The molecule has 0 atom stereocenters. The van der Waals surface area contributed by atoms with Crippen molar-refractivity contribution in [2.75, 3.05) is 16.7 Å². The van der Waals surface area contributed by atoms with E-state index in [0.29, 0.717) is 28.2 Å². The maximum Gasteiger partial charge on any atom is 0.229 e. The monoisotopic (exact) mass is 318 g/mol. The molecule has 114 valence electrons. The average molecular weight is 318 g/mol. The number of aryl methyl sites for hydroxylation is 1. The Morgan fingerprint density at radius 3 is 2.77 bits per heavy atom. The molecule has 0 saturated heterocycles. The Bertz CT molecular complexity index is 964. The fourth-order valence-corrected chi connectivity index (χ4v) is 2.81. The largest absolute Gasteiger partial charge is 0.383 e. The highest BCUT2D eigenvalue weighted by molar-refractivity contribution is 7.92. The summed E-state index contributed by atoms with van der Waals surface area (Å²) >= 11 is 0. The van der Waals surface area contributed by atoms with Crippen molar-refractivity contribution in [1.29, 1.82) is 0 Å². The highest BCUT2D eigenvalue weighted by Gasteiger charge is 2.15. The molecular formula is C13H14N6O2S. The van der Waals surface area contributed by atoms with Gasteiger partial charge in [-0.1, -0.05) is 12.1 Å². The van der Waals surface area contributed by atoms with Crippen molar-refractivity contribution in [3.05, 3.63) is 30.6 Å². The first-order valence-corrected chi connectivity index (χ1v) is 8.26. The molecule has 0 bridgehead atoms. The van der Waals surface area contributed by atoms with E-state index >= 15 is 0 Å². The third kappa shape index (κ3) is 2.58. The summed E-state index contributed by atoms with van der Waals surface area (Å²) < 4.78 is 26.7. The Morgan fingerprint density at radius 2 is 2.05 bits per heavy atom. The Balaban J connectivity index is 2.18. The maximum atomic E-state index is 11.3. The van der Waals surface area contributed by atoms with E-state index in [4.69, 9.17) is 5.73 Å². The highest BCUT2D eigenvalue weighted by Crippen LogP contribution is 2.30. The minimum Gasteiger partial charge on any atom is -0.383 e. The van der Waals surface area contributed by atoms with E-state index in [1.807, 2.05) is 6.07 Å². The SMILES string of the molecule is Cn1nc(-c2cccc(NS(C)(=O)=O)c2)c2c(N)ncnc21. The summed E-state index contributed by atoms with van der Waals surface area (Å²) in [5.41, 5.74) is 8.33. The maximum absolute atomic E-state index is 11.3. The molecule has 0 amide bonds. The van der Waals surface area contributed by atoms with Crippen LogP contribution < -0.4 is 10.5 Å². The van der Waals surface area contributed by atoms with Gasteiger partial charge in [0.05, 0.1) is 11.6 Å². The molecule has 0 aliphatic heterocycles. The van der Waals surface area contributed by atoms with Crippen LogP contribution in [0.4, 0.5) is 11.5 Å². The summed E-state index contributed by atoms with van der Waals surface area (Å²) in [6.45, 7) is 0. The second-order valence-corrected chi connectivity index (χ2v) is 6.63. The van der Waals surface area contributed by atoms with Gasteiger partial charge >= 0.3 is 0 Å². The third-order valence-electron chi connectivity index (χ3n) is 3.09. The van der Waals surface area contributed by atoms with Gasteiger partial charge in [0, 0.05) is 18.3 Å². The van der Waals surface area contributed by atoms with Crippen LogP contribution in [0.1, 0.15) is 0 Å². The lowest BCUT2D eigenvalue weighted by Gasteiger charge is -2.05. The van der Waals surface area contributed by atoms with Crippen molar-refractivity contribution in [1.82, 2.24) is 19.7 Å². The summed E-state index contributed by atoms with van der Waals surface area (Å²) in [4.78, 5) is 8.16. The van der Waals surface area contributed by atoms with Gasteiger partial charge in [0.2, 0.25) is 10.0 Å². The second kappa shape index (κ2) is 4.95. The summed E-state index contributed by atoms with van der Waals surface area (Å²) in [5, 5.41) is 5.06. The molecule has 0 aliphatic carbocycles. The zero-order valence-corrected chi connectivity index (χ0v) is 12.8. The van der Waals surface area contributed by atoms with Crippen LogP contribution in [-0.4, -0.2) is 34.4 Å². The Hall–Kier alpha value is -2.68. The molecule has 2 heterocycles. The number of hydrogen-bond acceptors (Lipinski definition) is 6. The van der Waals surface area contributed by atoms with Crippen molar-refractivity contribution in [3.8, 4) is 11.3 Å². The number of aromatic nitrogens is 4. The minimum absolute atomic E-state index is 0.328. The number of nitrogens with one attached hydrogen (secondary N) is 1. The van der Waals surface area contributed by atoms with Gasteiger partial charge in [0.15, 0.2) is 5.65 Å². The zero-order chi connectivity index (χ0) is 15.9. The van der Waals surface area contributed by atoms with Crippen LogP contribution in [0.5, 0.6) is 0 Å². The fourth-order valence-electron chi connectivity index (χ4n) is 2.26. The third-order valence-corrected chi connectivity index (χ3v) is 3.70. The molecule has 2 aromatic heterocycles. The second-order valence-electron chi connectivity index (χ2n) is 4.88. The van der Waals surface area contributed by atoms with E-state index in [1.165, 1.54) is 6.33 Å². The smallest absolute Gasteiger partial charge is 0.229 e. The normalized spacial score (nSPS) is 11.7. The lowest BCUT2D eigenvalue weighted by atomic mass is 10.1. The molecule has 1 aromatic carbocycles. The molecule has 3 rings (SSSR count). The van der Waals surface area contributed by atoms with E-state index in [9.17, 15) is 8.42 Å². The van der Waals surface area contributed by atoms with Crippen LogP contribution in [0.3, 0.4) is 0 Å². The standard InChI is InChI=1S/C13H14N6O2S/c1-19-13-10(12(14)15-7-16-13)11(17-19)8-4-3-5-9(6-8)18-22(2,20)21/h3-7,18H,1-2H3,(H2,14,15,16). The van der Waals surface area contributed by atoms with Crippen molar-refractivity contribution < 1.29 is 8.42 Å². The predicted molar refractivity (Wildman–Crippen MR) is 84.6 cm³/mol. The number of rotatable bonds is 3. The van der Waals surface area contributed by atoms with Gasteiger partial charge in [-0.2, -0.15) is 5.10 Å². The molecule has 22 heavy (non-hydrogen) atoms. The van der Waals surface area contributed by atoms with Crippen LogP contribution in [-0.2, 0) is 17.1 Å². The van der Waals surface area contributed by atoms with E-state index in [-0.39, 0.29) is 0 Å². The van der Waals surface area contributed by atoms with Gasteiger partial charge in [-0.3, -0.25) is 4.72 Å². The van der Waals surface area contributed by atoms with Crippen LogP contribution >= 0.6 is 0 Å². The molecule has 0 unspecified atom stereocenters. The summed E-state index contributed by atoms with van der Waals surface area (Å²) in [6, 6.07) is 6.91. The van der Waals surface area contributed by atoms with E-state index in [0.717, 1.165) is 11.8 Å². The summed E-state index contributed by atoms with van der Waals surface area (Å²) in [6.07, 6.45) is 2.48. The van der Waals surface area contributed by atoms with Gasteiger partial charge < -0.3 is 5.73 Å². The van der Waals surface area contributed by atoms with Gasteiger partial charge in [-0.05, 0) is 12.1 Å². The first kappa shape index (κ1) is 14.3. The predicted octanol–water partition coefficient (Wildman–Crippen LogP) is 0.984. The van der Waals surface area contributed by atoms with E-state index < -0.39 is 10.0 Å². The van der Waals surface area contributed by atoms with Gasteiger partial charge in [-0.25, -0.2) is 23.1 Å². The van der Waals surface area contributed by atoms with Gasteiger partial charge in [0.1, 0.15) is 17.8 Å². The lowest BCUT2D eigenvalue weighted by Crippen LogP contribution is -2.09. The average Bonchev–Trinajstić information content (AvgIpc) is 2.76. The molecule has 8 nitrogen and oxygen atoms in total. The van der Waals surface area contributed by atoms with Crippen molar-refractivity contribution in [2.24, 2.45) is 7.05 Å². The number of nitrogens with two attached hydrogens (primary N) is 1. The molecule has 3 aromatic rings. The topological polar surface area (TPSA) is 116 Å². The number of anilines is 2. The highest BCUT2D eigenvalue weighted by atomic mass is 32.2. The quantitative estimate of drug-likeness (QED) is 0.744. The van der Waals surface area contributed by atoms with Crippen LogP contribution in [0.25, 0.3) is 22.3 Å². The molecule has 0 spiro atoms. The Morgan fingerprint density at radius 1 is 1.27 bits per heavy atom. The minimum atomic E-state index is -3.35. The number of sulfonamides is 1. The molecule has 3 N–H and O–H groups in total. The Labute approximate surface area is 127 Å². The number of benzene rings is 1. The van der Waals surface area contributed by atoms with Crippen molar-refractivity contribution in [2.45, 2.75) is 0 Å². The molecule has 0 saturated carbocycles. The molecule has 0 radical (unpaired) electrons. The van der Waals surface area contributed by atoms with Crippen LogP contribution in [0.2, 0.25) is 0 Å². The summed E-state index contributed by atoms with van der Waals surface area (Å²) in [5.74, 6) is 0.328. The fraction of sp³-hybridized carbons (Fsp3) is 0.154. The number of fused-ring (bicyclic) bond motifs is 1. The first-order valence-electron chi connectivity index (χ1n) is 6.36. The number of nitrogen functional groups attached to an aromatic ring is 1. The summed E-state index contributed by atoms with van der Waals surface area (Å²) in [7, 11) is -1.59. The van der Waals surface area contributed by atoms with Crippen LogP contribution in [0.15, 0.2) is 30.6 Å². The zero-order valence-electron chi connectivity index (χ0n) is 12.0. The van der Waals surface area contributed by atoms with Gasteiger partial charge in [0.25, 0.3) is 0 Å². The Kier molecular flexibility index (Phi) is 3.21. The molecular weight excluding hydrogens is 304 g/mol. The molecule has 0 fully saturated rings. The van der Waals surface area contributed by atoms with Crippen molar-refractivity contribution in [3.63, 3.8) is 0 Å². The van der Waals surface area contributed by atoms with E-state index in [1.54, 1.807) is 29.9 Å². The van der Waals surface area contributed by atoms with E-state index in [2.05, 4.69) is 19.8 Å². The number of nitrogens with zero attached hydrogens (tertiary/aromatic N) is 4. The molecule has 9 heteroatoms. The molecule has 0 aliphatic rings. The van der Waals surface area contributed by atoms with Crippen molar-refractivity contribution >= 4 is 32.6 Å². The number of hydrogen-bond donors (Lipinski definition) is 2. The van der Waals surface area contributed by atoms with Crippen LogP contribution in [0, 0.1) is 0 Å². The first-order chi connectivity index (χ1) is 10.3. The lowest BCUT2D eigenvalue weighted by molar-refractivity contribution is 0.607.